The highest BCUT2D eigenvalue weighted by molar-refractivity contribution is 5.36. The van der Waals surface area contributed by atoms with E-state index in [4.69, 9.17) is 0 Å². The molecule has 2 N–H and O–H groups in total. The summed E-state index contributed by atoms with van der Waals surface area (Å²) in [4.78, 5) is 28.1. The predicted molar refractivity (Wildman–Crippen MR) is 56.4 cm³/mol. The van der Waals surface area contributed by atoms with Crippen LogP contribution in [0.5, 0.6) is 0 Å². The van der Waals surface area contributed by atoms with Gasteiger partial charge in [-0.15, -0.1) is 0 Å². The molecule has 0 atom stereocenters. The number of aromatic amines is 2. The topological polar surface area (TPSA) is 65.7 Å². The minimum Gasteiger partial charge on any atom is -0.316 e. The van der Waals surface area contributed by atoms with Gasteiger partial charge in [0.1, 0.15) is 10.7 Å². The number of H-pyrrole nitrogens is 2. The second-order valence-electron chi connectivity index (χ2n) is 3.66. The van der Waals surface area contributed by atoms with Gasteiger partial charge in [0.05, 0.1) is 0 Å². The van der Waals surface area contributed by atoms with Gasteiger partial charge in [0.25, 0.3) is 11.1 Å². The van der Waals surface area contributed by atoms with Crippen molar-refractivity contribution in [2.45, 2.75) is 27.7 Å². The highest BCUT2D eigenvalue weighted by Crippen LogP contribution is 1.79. The molecule has 0 aromatic carbocycles. The molecule has 1 aromatic rings. The molecule has 4 nitrogen and oxygen atoms in total. The lowest BCUT2D eigenvalue weighted by Crippen LogP contribution is -2.47. The van der Waals surface area contributed by atoms with Crippen LogP contribution < -0.4 is 21.8 Å². The highest BCUT2D eigenvalue weighted by Gasteiger charge is 1.96. The first-order valence-electron chi connectivity index (χ1n) is 4.41. The molecular weight excluding hydrogens is 180 g/mol. The van der Waals surface area contributed by atoms with Gasteiger partial charge in [-0.2, -0.15) is 0 Å². The monoisotopic (exact) mass is 194 g/mol. The van der Waals surface area contributed by atoms with Crippen molar-refractivity contribution >= 4 is 11.1 Å². The zero-order chi connectivity index (χ0) is 10.9. The van der Waals surface area contributed by atoms with Gasteiger partial charge in [-0.05, 0) is 38.8 Å². The van der Waals surface area contributed by atoms with Crippen molar-refractivity contribution in [2.75, 3.05) is 0 Å². The van der Waals surface area contributed by atoms with Gasteiger partial charge < -0.3 is 9.97 Å². The van der Waals surface area contributed by atoms with Gasteiger partial charge in [0.2, 0.25) is 0 Å². The smallest absolute Gasteiger partial charge is 0.272 e. The molecule has 0 aliphatic heterocycles. The Morgan fingerprint density at radius 3 is 1.29 bits per heavy atom. The molecule has 0 spiro atoms. The molecule has 0 amide bonds. The zero-order valence-electron chi connectivity index (χ0n) is 8.82. The standard InChI is InChI=1S/C10H14N2O2/c1-5(2)7-9(13)12-8(6(3)4)10(14)11-7/h1-4H3,(H,11,14)(H,12,13). The summed E-state index contributed by atoms with van der Waals surface area (Å²) < 4.78 is 0. The Balaban J connectivity index is 3.95. The fraction of sp³-hybridized carbons (Fsp3) is 0.400. The number of nitrogens with one attached hydrogen (secondary N) is 2. The van der Waals surface area contributed by atoms with E-state index in [2.05, 4.69) is 9.97 Å². The summed E-state index contributed by atoms with van der Waals surface area (Å²) >= 11 is 0. The molecule has 0 bridgehead atoms. The Kier molecular flexibility index (Phi) is 2.74. The van der Waals surface area contributed by atoms with Crippen LogP contribution in [0.25, 0.3) is 11.1 Å². The van der Waals surface area contributed by atoms with Crippen LogP contribution in [0.1, 0.15) is 27.7 Å². The number of hydrogen-bond acceptors (Lipinski definition) is 2. The lowest BCUT2D eigenvalue weighted by Gasteiger charge is -1.93. The van der Waals surface area contributed by atoms with E-state index in [0.717, 1.165) is 11.1 Å². The Morgan fingerprint density at radius 1 is 0.786 bits per heavy atom. The van der Waals surface area contributed by atoms with Crippen LogP contribution in [0.4, 0.5) is 0 Å². The van der Waals surface area contributed by atoms with Crippen LogP contribution in [0.3, 0.4) is 0 Å². The van der Waals surface area contributed by atoms with Crippen LogP contribution in [-0.4, -0.2) is 9.97 Å². The van der Waals surface area contributed by atoms with E-state index in [0.29, 0.717) is 10.7 Å². The molecule has 0 saturated carbocycles. The van der Waals surface area contributed by atoms with Crippen molar-refractivity contribution in [1.29, 1.82) is 0 Å². The van der Waals surface area contributed by atoms with Crippen molar-refractivity contribution < 1.29 is 0 Å². The molecule has 0 aliphatic carbocycles. The highest BCUT2D eigenvalue weighted by atomic mass is 16.1. The normalized spacial score (nSPS) is 10.0. The van der Waals surface area contributed by atoms with Crippen LogP contribution in [-0.2, 0) is 0 Å². The van der Waals surface area contributed by atoms with E-state index >= 15 is 0 Å². The molecule has 4 heteroatoms. The fourth-order valence-corrected chi connectivity index (χ4v) is 1.17. The van der Waals surface area contributed by atoms with E-state index in [1.54, 1.807) is 27.7 Å². The third kappa shape index (κ3) is 1.84. The lowest BCUT2D eigenvalue weighted by atomic mass is 10.3. The van der Waals surface area contributed by atoms with Gasteiger partial charge in [-0.25, -0.2) is 0 Å². The molecule has 0 fully saturated rings. The van der Waals surface area contributed by atoms with Crippen molar-refractivity contribution in [1.82, 2.24) is 9.97 Å². The van der Waals surface area contributed by atoms with E-state index in [1.807, 2.05) is 0 Å². The average molecular weight is 194 g/mol. The molecule has 1 aromatic heterocycles. The lowest BCUT2D eigenvalue weighted by molar-refractivity contribution is 0.985. The minimum absolute atomic E-state index is 0.249. The van der Waals surface area contributed by atoms with Crippen LogP contribution in [0.2, 0.25) is 0 Å². The molecule has 1 heterocycles. The quantitative estimate of drug-likeness (QED) is 0.581. The minimum atomic E-state index is -0.249. The van der Waals surface area contributed by atoms with Gasteiger partial charge >= 0.3 is 0 Å². The summed E-state index contributed by atoms with van der Waals surface area (Å²) in [7, 11) is 0. The molecule has 0 saturated heterocycles. The molecule has 0 aliphatic rings. The molecule has 14 heavy (non-hydrogen) atoms. The first-order chi connectivity index (χ1) is 6.43. The van der Waals surface area contributed by atoms with Crippen molar-refractivity contribution in [3.8, 4) is 0 Å². The third-order valence-corrected chi connectivity index (χ3v) is 1.93. The first-order valence-corrected chi connectivity index (χ1v) is 4.41. The van der Waals surface area contributed by atoms with Crippen molar-refractivity contribution in [3.05, 3.63) is 31.4 Å². The third-order valence-electron chi connectivity index (χ3n) is 1.93. The summed E-state index contributed by atoms with van der Waals surface area (Å²) in [6, 6.07) is 0. The Morgan fingerprint density at radius 2 is 1.07 bits per heavy atom. The predicted octanol–water partition coefficient (Wildman–Crippen LogP) is -0.556. The Labute approximate surface area is 81.0 Å². The summed E-state index contributed by atoms with van der Waals surface area (Å²) in [6.45, 7) is 7.12. The second kappa shape index (κ2) is 3.65. The zero-order valence-corrected chi connectivity index (χ0v) is 8.82. The van der Waals surface area contributed by atoms with Crippen molar-refractivity contribution in [2.24, 2.45) is 0 Å². The summed E-state index contributed by atoms with van der Waals surface area (Å²) in [5.41, 5.74) is 1.09. The molecule has 1 rings (SSSR count). The maximum absolute atomic E-state index is 11.5. The maximum atomic E-state index is 11.5. The molecule has 76 valence electrons. The molecule has 0 unspecified atom stereocenters. The van der Waals surface area contributed by atoms with Gasteiger partial charge in [-0.3, -0.25) is 9.59 Å². The number of hydrogen-bond donors (Lipinski definition) is 2. The van der Waals surface area contributed by atoms with Crippen molar-refractivity contribution in [3.63, 3.8) is 0 Å². The number of rotatable bonds is 0. The Bertz CT molecular complexity index is 514. The van der Waals surface area contributed by atoms with Gasteiger partial charge in [0, 0.05) is 0 Å². The van der Waals surface area contributed by atoms with Crippen LogP contribution >= 0.6 is 0 Å². The van der Waals surface area contributed by atoms with E-state index in [-0.39, 0.29) is 11.1 Å². The second-order valence-corrected chi connectivity index (χ2v) is 3.66. The first kappa shape index (κ1) is 10.5. The largest absolute Gasteiger partial charge is 0.316 e. The van der Waals surface area contributed by atoms with Crippen LogP contribution in [0.15, 0.2) is 9.59 Å². The van der Waals surface area contributed by atoms with Gasteiger partial charge in [-0.1, -0.05) is 0 Å². The van der Waals surface area contributed by atoms with Crippen LogP contribution in [0, 0.1) is 0 Å². The van der Waals surface area contributed by atoms with E-state index in [1.165, 1.54) is 0 Å². The average Bonchev–Trinajstić information content (AvgIpc) is 2.07. The van der Waals surface area contributed by atoms with E-state index < -0.39 is 0 Å². The van der Waals surface area contributed by atoms with Gasteiger partial charge in [0.15, 0.2) is 0 Å². The summed E-state index contributed by atoms with van der Waals surface area (Å²) in [5, 5.41) is 0.694. The number of aromatic nitrogens is 2. The fourth-order valence-electron chi connectivity index (χ4n) is 1.17. The van der Waals surface area contributed by atoms with E-state index in [9.17, 15) is 9.59 Å². The summed E-state index contributed by atoms with van der Waals surface area (Å²) in [5.74, 6) is 0. The summed E-state index contributed by atoms with van der Waals surface area (Å²) in [6.07, 6.45) is 0. The SMILES string of the molecule is CC(C)=c1[nH]c(=O)c(=C(C)C)[nH]c1=O. The Hall–Kier alpha value is -1.58. The molecular formula is C10H14N2O2. The molecule has 0 radical (unpaired) electrons. The maximum Gasteiger partial charge on any atom is 0.272 e.